The van der Waals surface area contributed by atoms with Crippen LogP contribution in [0.15, 0.2) is 47.4 Å². The smallest absolute Gasteiger partial charge is 0.287 e. The van der Waals surface area contributed by atoms with Crippen molar-refractivity contribution in [2.45, 2.75) is 13.0 Å². The molecule has 146 valence electrons. The summed E-state index contributed by atoms with van der Waals surface area (Å²) in [6.45, 7) is 0.985. The Morgan fingerprint density at radius 1 is 1.21 bits per heavy atom. The number of nitrogens with zero attached hydrogens (tertiary/aromatic N) is 3. The van der Waals surface area contributed by atoms with Crippen LogP contribution in [0.5, 0.6) is 0 Å². The van der Waals surface area contributed by atoms with Crippen LogP contribution in [0.4, 0.5) is 11.4 Å². The number of aromatic amines is 1. The molecule has 0 atom stereocenters. The fourth-order valence-corrected chi connectivity index (χ4v) is 4.00. The summed E-state index contributed by atoms with van der Waals surface area (Å²) in [7, 11) is -1.86. The summed E-state index contributed by atoms with van der Waals surface area (Å²) in [6.07, 6.45) is 2.38. The Hall–Kier alpha value is -2.79. The zero-order valence-corrected chi connectivity index (χ0v) is 16.0. The van der Waals surface area contributed by atoms with Gasteiger partial charge in [0.1, 0.15) is 5.65 Å². The Morgan fingerprint density at radius 2 is 2.04 bits per heavy atom. The largest absolute Gasteiger partial charge is 0.344 e. The lowest BCUT2D eigenvalue weighted by atomic mass is 9.99. The molecule has 0 spiro atoms. The number of benzene rings is 1. The fraction of sp³-hybridized carbons (Fsp3) is 0.222. The summed E-state index contributed by atoms with van der Waals surface area (Å²) in [6, 6.07) is 11.2. The van der Waals surface area contributed by atoms with E-state index in [1.54, 1.807) is 17.3 Å². The highest BCUT2D eigenvalue weighted by atomic mass is 32.2. The van der Waals surface area contributed by atoms with Crippen molar-refractivity contribution in [2.75, 3.05) is 18.5 Å². The van der Waals surface area contributed by atoms with Gasteiger partial charge in [0.25, 0.3) is 10.2 Å². The Morgan fingerprint density at radius 3 is 2.82 bits per heavy atom. The zero-order chi connectivity index (χ0) is 19.9. The second-order valence-electron chi connectivity index (χ2n) is 6.73. The third-order valence-electron chi connectivity index (χ3n) is 4.82. The molecule has 1 aliphatic rings. The fourth-order valence-electron chi connectivity index (χ4n) is 3.49. The second kappa shape index (κ2) is 6.99. The average Bonchev–Trinajstić information content (AvgIpc) is 2.65. The van der Waals surface area contributed by atoms with Crippen LogP contribution in [0.2, 0.25) is 0 Å². The number of hydrazine groups is 1. The van der Waals surface area contributed by atoms with Gasteiger partial charge >= 0.3 is 0 Å². The van der Waals surface area contributed by atoms with E-state index in [4.69, 9.17) is 5.14 Å². The summed E-state index contributed by atoms with van der Waals surface area (Å²) in [5.74, 6) is 0. The lowest BCUT2D eigenvalue weighted by molar-refractivity contribution is 0.221. The second-order valence-corrected chi connectivity index (χ2v) is 8.01. The van der Waals surface area contributed by atoms with Gasteiger partial charge in [0.15, 0.2) is 0 Å². The van der Waals surface area contributed by atoms with E-state index in [0.717, 1.165) is 28.7 Å². The van der Waals surface area contributed by atoms with Gasteiger partial charge in [0, 0.05) is 43.5 Å². The molecule has 0 amide bonds. The monoisotopic (exact) mass is 400 g/mol. The molecule has 10 heteroatoms. The van der Waals surface area contributed by atoms with Gasteiger partial charge in [-0.15, -0.1) is 4.83 Å². The van der Waals surface area contributed by atoms with Crippen molar-refractivity contribution in [3.63, 3.8) is 0 Å². The molecule has 1 aliphatic heterocycles. The highest BCUT2D eigenvalue weighted by Gasteiger charge is 2.20. The normalized spacial score (nSPS) is 14.8. The first-order chi connectivity index (χ1) is 13.3. The number of aromatic nitrogens is 2. The van der Waals surface area contributed by atoms with Gasteiger partial charge in [-0.2, -0.15) is 8.42 Å². The van der Waals surface area contributed by atoms with Gasteiger partial charge in [-0.1, -0.05) is 6.07 Å². The van der Waals surface area contributed by atoms with Gasteiger partial charge in [0.2, 0.25) is 5.56 Å². The standard InChI is InChI=1S/C18H20N6O3S/c1-23(16-6-8-20-18-15(16)4-5-17(25)21-18)14-3-2-12-7-9-24(11-13(12)10-14)22-28(19,26)27/h2-6,8,10,22H,7,9,11H2,1H3,(H2,19,26,27)(H,20,21,25). The molecule has 0 saturated heterocycles. The first kappa shape index (κ1) is 18.6. The number of rotatable bonds is 4. The molecular weight excluding hydrogens is 380 g/mol. The predicted octanol–water partition coefficient (Wildman–Crippen LogP) is 0.757. The van der Waals surface area contributed by atoms with E-state index in [2.05, 4.69) is 20.9 Å². The van der Waals surface area contributed by atoms with Crippen LogP contribution < -0.4 is 20.4 Å². The molecule has 4 rings (SSSR count). The maximum Gasteiger partial charge on any atom is 0.287 e. The van der Waals surface area contributed by atoms with Crippen LogP contribution in [0.1, 0.15) is 11.1 Å². The molecule has 0 radical (unpaired) electrons. The first-order valence-electron chi connectivity index (χ1n) is 8.69. The van der Waals surface area contributed by atoms with E-state index in [1.165, 1.54) is 11.6 Å². The SMILES string of the molecule is CN(c1ccc2c(c1)CN(NS(N)(=O)=O)CC2)c1ccnc2[nH]c(=O)ccc12. The summed E-state index contributed by atoms with van der Waals surface area (Å²) in [5, 5.41) is 7.51. The molecule has 0 bridgehead atoms. The van der Waals surface area contributed by atoms with Crippen molar-refractivity contribution >= 4 is 32.6 Å². The van der Waals surface area contributed by atoms with Gasteiger partial charge in [-0.05, 0) is 41.8 Å². The number of nitrogens with one attached hydrogen (secondary N) is 2. The van der Waals surface area contributed by atoms with Crippen molar-refractivity contribution in [3.05, 3.63) is 64.1 Å². The molecule has 4 N–H and O–H groups in total. The first-order valence-corrected chi connectivity index (χ1v) is 10.2. The van der Waals surface area contributed by atoms with Gasteiger partial charge in [0.05, 0.1) is 5.69 Å². The van der Waals surface area contributed by atoms with Crippen LogP contribution in [-0.4, -0.2) is 37.0 Å². The summed E-state index contributed by atoms with van der Waals surface area (Å²) in [5.41, 5.74) is 4.37. The minimum Gasteiger partial charge on any atom is -0.344 e. The van der Waals surface area contributed by atoms with Crippen molar-refractivity contribution in [2.24, 2.45) is 5.14 Å². The van der Waals surface area contributed by atoms with Crippen LogP contribution >= 0.6 is 0 Å². The molecule has 2 aromatic heterocycles. The Kier molecular flexibility index (Phi) is 4.63. The third kappa shape index (κ3) is 3.76. The molecule has 9 nitrogen and oxygen atoms in total. The summed E-state index contributed by atoms with van der Waals surface area (Å²) >= 11 is 0. The van der Waals surface area contributed by atoms with E-state index >= 15 is 0 Å². The Balaban J connectivity index is 1.68. The molecular formula is C18H20N6O3S. The summed E-state index contributed by atoms with van der Waals surface area (Å²) in [4.78, 5) is 22.9. The molecule has 0 saturated carbocycles. The highest BCUT2D eigenvalue weighted by Crippen LogP contribution is 2.31. The number of fused-ring (bicyclic) bond motifs is 2. The highest BCUT2D eigenvalue weighted by molar-refractivity contribution is 7.87. The number of H-pyrrole nitrogens is 1. The molecule has 0 unspecified atom stereocenters. The maximum atomic E-state index is 11.6. The van der Waals surface area contributed by atoms with E-state index < -0.39 is 10.2 Å². The third-order valence-corrected chi connectivity index (χ3v) is 5.33. The summed E-state index contributed by atoms with van der Waals surface area (Å²) < 4.78 is 22.6. The van der Waals surface area contributed by atoms with Crippen LogP contribution in [0.3, 0.4) is 0 Å². The minimum atomic E-state index is -3.79. The van der Waals surface area contributed by atoms with Crippen molar-refractivity contribution in [1.82, 2.24) is 19.8 Å². The van der Waals surface area contributed by atoms with Crippen LogP contribution in [0, 0.1) is 0 Å². The van der Waals surface area contributed by atoms with Crippen LogP contribution in [-0.2, 0) is 23.2 Å². The molecule has 1 aromatic carbocycles. The van der Waals surface area contributed by atoms with Crippen molar-refractivity contribution in [1.29, 1.82) is 0 Å². The number of anilines is 2. The number of nitrogens with two attached hydrogens (primary N) is 1. The molecule has 0 fully saturated rings. The Labute approximate surface area is 162 Å². The molecule has 3 heterocycles. The lowest BCUT2D eigenvalue weighted by Gasteiger charge is -2.29. The average molecular weight is 400 g/mol. The number of hydrogen-bond donors (Lipinski definition) is 3. The van der Waals surface area contributed by atoms with E-state index in [0.29, 0.717) is 18.7 Å². The van der Waals surface area contributed by atoms with Crippen molar-refractivity contribution < 1.29 is 8.42 Å². The molecule has 0 aliphatic carbocycles. The van der Waals surface area contributed by atoms with Crippen molar-refractivity contribution in [3.8, 4) is 0 Å². The quantitative estimate of drug-likeness (QED) is 0.594. The van der Waals surface area contributed by atoms with Crippen LogP contribution in [0.25, 0.3) is 11.0 Å². The molecule has 28 heavy (non-hydrogen) atoms. The van der Waals surface area contributed by atoms with Gasteiger partial charge in [-0.25, -0.2) is 15.1 Å². The maximum absolute atomic E-state index is 11.6. The van der Waals surface area contributed by atoms with Gasteiger partial charge in [-0.3, -0.25) is 4.79 Å². The number of pyridine rings is 2. The zero-order valence-electron chi connectivity index (χ0n) is 15.2. The Bertz CT molecular complexity index is 1210. The van der Waals surface area contributed by atoms with Gasteiger partial charge < -0.3 is 9.88 Å². The van der Waals surface area contributed by atoms with E-state index in [-0.39, 0.29) is 5.56 Å². The minimum absolute atomic E-state index is 0.198. The van der Waals surface area contributed by atoms with E-state index in [9.17, 15) is 13.2 Å². The molecule has 3 aromatic rings. The number of hydrogen-bond acceptors (Lipinski definition) is 6. The lowest BCUT2D eigenvalue weighted by Crippen LogP contribution is -2.47. The predicted molar refractivity (Wildman–Crippen MR) is 107 cm³/mol. The van der Waals surface area contributed by atoms with E-state index in [1.807, 2.05) is 30.1 Å². The topological polar surface area (TPSA) is 124 Å².